The normalized spacial score (nSPS) is 11.0. The van der Waals surface area contributed by atoms with Gasteiger partial charge in [-0.15, -0.1) is 0 Å². The van der Waals surface area contributed by atoms with E-state index in [0.717, 1.165) is 11.1 Å². The lowest BCUT2D eigenvalue weighted by Crippen LogP contribution is -2.16. The minimum absolute atomic E-state index is 0.0225. The Labute approximate surface area is 177 Å². The smallest absolute Gasteiger partial charge is 0.261 e. The molecule has 3 rings (SSSR count). The highest BCUT2D eigenvalue weighted by molar-refractivity contribution is 7.92. The summed E-state index contributed by atoms with van der Waals surface area (Å²) in [6, 6.07) is 18.6. The maximum Gasteiger partial charge on any atom is 0.261 e. The van der Waals surface area contributed by atoms with Crippen molar-refractivity contribution in [2.45, 2.75) is 25.7 Å². The number of benzene rings is 3. The second-order valence-electron chi connectivity index (χ2n) is 6.84. The lowest BCUT2D eigenvalue weighted by Gasteiger charge is -2.15. The van der Waals surface area contributed by atoms with Crippen molar-refractivity contribution >= 4 is 27.3 Å². The quantitative estimate of drug-likeness (QED) is 0.573. The zero-order valence-corrected chi connectivity index (χ0v) is 17.9. The monoisotopic (exact) mass is 424 g/mol. The van der Waals surface area contributed by atoms with Crippen LogP contribution in [0.15, 0.2) is 71.6 Å². The van der Waals surface area contributed by atoms with Gasteiger partial charge in [-0.25, -0.2) is 8.42 Å². The van der Waals surface area contributed by atoms with Gasteiger partial charge in [0.25, 0.3) is 15.9 Å². The number of hydrogen-bond donors (Lipinski definition) is 2. The largest absolute Gasteiger partial charge is 0.492 e. The Kier molecular flexibility index (Phi) is 6.42. The summed E-state index contributed by atoms with van der Waals surface area (Å²) in [6.07, 6.45) is 0. The highest BCUT2D eigenvalue weighted by Crippen LogP contribution is 2.30. The third-order valence-electron chi connectivity index (χ3n) is 4.47. The Morgan fingerprint density at radius 3 is 2.33 bits per heavy atom. The van der Waals surface area contributed by atoms with Gasteiger partial charge in [0.15, 0.2) is 0 Å². The van der Waals surface area contributed by atoms with Gasteiger partial charge in [-0.2, -0.15) is 0 Å². The van der Waals surface area contributed by atoms with Crippen molar-refractivity contribution in [2.24, 2.45) is 0 Å². The van der Waals surface area contributed by atoms with Gasteiger partial charge in [0.05, 0.1) is 22.9 Å². The summed E-state index contributed by atoms with van der Waals surface area (Å²) < 4.78 is 34.1. The first-order chi connectivity index (χ1) is 14.3. The van der Waals surface area contributed by atoms with E-state index in [-0.39, 0.29) is 16.5 Å². The van der Waals surface area contributed by atoms with E-state index >= 15 is 0 Å². The number of hydrogen-bond acceptors (Lipinski definition) is 4. The standard InChI is InChI=1S/C23H24N2O4S/c1-4-29-22-13-11-19(15-21(22)24-23(26)18-8-6-5-7-9-18)30(27,28)25-20-12-10-16(2)14-17(20)3/h5-15,25H,4H2,1-3H3,(H,24,26). The summed E-state index contributed by atoms with van der Waals surface area (Å²) in [7, 11) is -3.86. The van der Waals surface area contributed by atoms with Crippen molar-refractivity contribution in [2.75, 3.05) is 16.6 Å². The molecule has 3 aromatic rings. The molecule has 0 radical (unpaired) electrons. The van der Waals surface area contributed by atoms with Crippen LogP contribution in [0.25, 0.3) is 0 Å². The number of carbonyl (C=O) groups excluding carboxylic acids is 1. The Hall–Kier alpha value is -3.32. The van der Waals surface area contributed by atoms with Crippen LogP contribution in [0.1, 0.15) is 28.4 Å². The van der Waals surface area contributed by atoms with Gasteiger partial charge in [-0.1, -0.05) is 35.9 Å². The molecule has 2 N–H and O–H groups in total. The number of sulfonamides is 1. The molecule has 0 saturated heterocycles. The summed E-state index contributed by atoms with van der Waals surface area (Å²) in [5, 5.41) is 2.75. The highest BCUT2D eigenvalue weighted by atomic mass is 32.2. The fraction of sp³-hybridized carbons (Fsp3) is 0.174. The van der Waals surface area contributed by atoms with Crippen LogP contribution in [0.5, 0.6) is 5.75 Å². The van der Waals surface area contributed by atoms with Crippen LogP contribution in [0.4, 0.5) is 11.4 Å². The molecule has 1 amide bonds. The Bertz CT molecular complexity index is 1160. The molecular weight excluding hydrogens is 400 g/mol. The minimum atomic E-state index is -3.86. The molecule has 6 nitrogen and oxygen atoms in total. The first-order valence-electron chi connectivity index (χ1n) is 9.53. The number of ether oxygens (including phenoxy) is 1. The average molecular weight is 425 g/mol. The Morgan fingerprint density at radius 1 is 0.933 bits per heavy atom. The fourth-order valence-electron chi connectivity index (χ4n) is 2.97. The highest BCUT2D eigenvalue weighted by Gasteiger charge is 2.19. The van der Waals surface area contributed by atoms with E-state index < -0.39 is 10.0 Å². The lowest BCUT2D eigenvalue weighted by molar-refractivity contribution is 0.102. The molecule has 0 aliphatic carbocycles. The second-order valence-corrected chi connectivity index (χ2v) is 8.52. The molecule has 0 aliphatic rings. The summed E-state index contributed by atoms with van der Waals surface area (Å²) in [5.41, 5.74) is 3.12. The predicted octanol–water partition coefficient (Wildman–Crippen LogP) is 4.76. The number of rotatable bonds is 7. The third kappa shape index (κ3) is 4.99. The van der Waals surface area contributed by atoms with E-state index in [2.05, 4.69) is 10.0 Å². The molecule has 3 aromatic carbocycles. The van der Waals surface area contributed by atoms with Gasteiger partial charge in [0.1, 0.15) is 5.75 Å². The number of nitrogens with one attached hydrogen (secondary N) is 2. The third-order valence-corrected chi connectivity index (χ3v) is 5.83. The van der Waals surface area contributed by atoms with Gasteiger partial charge >= 0.3 is 0 Å². The van der Waals surface area contributed by atoms with Gasteiger partial charge in [0, 0.05) is 5.56 Å². The molecule has 30 heavy (non-hydrogen) atoms. The van der Waals surface area contributed by atoms with Crippen LogP contribution in [0.3, 0.4) is 0 Å². The van der Waals surface area contributed by atoms with E-state index in [1.807, 2.05) is 39.0 Å². The maximum atomic E-state index is 13.0. The zero-order chi connectivity index (χ0) is 21.7. The molecule has 0 spiro atoms. The molecular formula is C23H24N2O4S. The molecule has 0 heterocycles. The Balaban J connectivity index is 1.93. The van der Waals surface area contributed by atoms with Gasteiger partial charge < -0.3 is 10.1 Å². The molecule has 0 aromatic heterocycles. The summed E-state index contributed by atoms with van der Waals surface area (Å²) in [4.78, 5) is 12.6. The SMILES string of the molecule is CCOc1ccc(S(=O)(=O)Nc2ccc(C)cc2C)cc1NC(=O)c1ccccc1. The van der Waals surface area contributed by atoms with Crippen molar-refractivity contribution in [3.63, 3.8) is 0 Å². The molecule has 0 aliphatic heterocycles. The van der Waals surface area contributed by atoms with Crippen LogP contribution in [-0.4, -0.2) is 20.9 Å². The zero-order valence-electron chi connectivity index (χ0n) is 17.1. The van der Waals surface area contributed by atoms with Gasteiger partial charge in [-0.05, 0) is 62.7 Å². The Morgan fingerprint density at radius 2 is 1.67 bits per heavy atom. The fourth-order valence-corrected chi connectivity index (χ4v) is 4.13. The topological polar surface area (TPSA) is 84.5 Å². The minimum Gasteiger partial charge on any atom is -0.492 e. The molecule has 0 saturated carbocycles. The first kappa shape index (κ1) is 21.4. The van der Waals surface area contributed by atoms with Crippen LogP contribution >= 0.6 is 0 Å². The summed E-state index contributed by atoms with van der Waals surface area (Å²) >= 11 is 0. The molecule has 7 heteroatoms. The van der Waals surface area contributed by atoms with Crippen molar-refractivity contribution in [1.82, 2.24) is 0 Å². The molecule has 0 fully saturated rings. The van der Waals surface area contributed by atoms with Crippen LogP contribution < -0.4 is 14.8 Å². The molecule has 0 unspecified atom stereocenters. The van der Waals surface area contributed by atoms with Gasteiger partial charge in [-0.3, -0.25) is 9.52 Å². The van der Waals surface area contributed by atoms with Crippen molar-refractivity contribution in [3.8, 4) is 5.75 Å². The molecule has 0 atom stereocenters. The first-order valence-corrected chi connectivity index (χ1v) is 11.0. The van der Waals surface area contributed by atoms with Crippen molar-refractivity contribution in [3.05, 3.63) is 83.4 Å². The van der Waals surface area contributed by atoms with E-state index in [4.69, 9.17) is 4.74 Å². The van der Waals surface area contributed by atoms with Crippen LogP contribution in [0.2, 0.25) is 0 Å². The predicted molar refractivity (Wildman–Crippen MR) is 119 cm³/mol. The van der Waals surface area contributed by atoms with Crippen molar-refractivity contribution in [1.29, 1.82) is 0 Å². The van der Waals surface area contributed by atoms with E-state index in [0.29, 0.717) is 23.6 Å². The number of aryl methyl sites for hydroxylation is 2. The molecule has 0 bridgehead atoms. The number of carbonyl (C=O) groups is 1. The van der Waals surface area contributed by atoms with E-state index in [9.17, 15) is 13.2 Å². The second kappa shape index (κ2) is 9.00. The van der Waals surface area contributed by atoms with E-state index in [1.54, 1.807) is 36.4 Å². The summed E-state index contributed by atoms with van der Waals surface area (Å²) in [5.74, 6) is 0.0423. The lowest BCUT2D eigenvalue weighted by atomic mass is 10.1. The van der Waals surface area contributed by atoms with E-state index in [1.165, 1.54) is 12.1 Å². The van der Waals surface area contributed by atoms with Crippen molar-refractivity contribution < 1.29 is 17.9 Å². The maximum absolute atomic E-state index is 13.0. The number of anilines is 2. The van der Waals surface area contributed by atoms with Crippen LogP contribution in [0, 0.1) is 13.8 Å². The van der Waals surface area contributed by atoms with Crippen LogP contribution in [-0.2, 0) is 10.0 Å². The summed E-state index contributed by atoms with van der Waals surface area (Å²) in [6.45, 7) is 5.98. The average Bonchev–Trinajstić information content (AvgIpc) is 2.72. The van der Waals surface area contributed by atoms with Gasteiger partial charge in [0.2, 0.25) is 0 Å². The molecule has 156 valence electrons. The number of amides is 1.